The van der Waals surface area contributed by atoms with Crippen molar-refractivity contribution >= 4 is 11.9 Å². The van der Waals surface area contributed by atoms with Crippen molar-refractivity contribution in [1.29, 1.82) is 0 Å². The molecule has 0 atom stereocenters. The number of aliphatic carboxylic acids is 2. The second-order valence-corrected chi connectivity index (χ2v) is 3.56. The van der Waals surface area contributed by atoms with Crippen LogP contribution in [0.1, 0.15) is 18.4 Å². The molecule has 0 bridgehead atoms. The highest BCUT2D eigenvalue weighted by Crippen LogP contribution is 2.13. The molecule has 0 aliphatic heterocycles. The normalized spacial score (nSPS) is 9.88. The van der Waals surface area contributed by atoms with Crippen LogP contribution < -0.4 is 4.74 Å². The van der Waals surface area contributed by atoms with Crippen molar-refractivity contribution < 1.29 is 24.5 Å². The van der Waals surface area contributed by atoms with Crippen LogP contribution in [0.5, 0.6) is 5.75 Å². The molecule has 92 valence electrons. The van der Waals surface area contributed by atoms with Gasteiger partial charge in [-0.1, -0.05) is 12.1 Å². The summed E-state index contributed by atoms with van der Waals surface area (Å²) in [7, 11) is 0. The van der Waals surface area contributed by atoms with E-state index in [0.29, 0.717) is 24.3 Å². The van der Waals surface area contributed by atoms with Gasteiger partial charge in [0.05, 0.1) is 13.0 Å². The highest BCUT2D eigenvalue weighted by Gasteiger charge is 2.01. The van der Waals surface area contributed by atoms with E-state index in [9.17, 15) is 9.59 Å². The van der Waals surface area contributed by atoms with Crippen molar-refractivity contribution in [3.05, 3.63) is 29.8 Å². The van der Waals surface area contributed by atoms with E-state index in [1.807, 2.05) is 0 Å². The van der Waals surface area contributed by atoms with E-state index in [1.165, 1.54) is 0 Å². The number of carboxylic acid groups (broad SMARTS) is 2. The minimum absolute atomic E-state index is 0.0146. The Bertz CT molecular complexity index is 382. The molecule has 1 aromatic carbocycles. The predicted molar refractivity (Wildman–Crippen MR) is 60.1 cm³/mol. The average Bonchev–Trinajstić information content (AvgIpc) is 2.25. The molecule has 5 heteroatoms. The molecule has 1 aromatic rings. The van der Waals surface area contributed by atoms with Crippen LogP contribution >= 0.6 is 0 Å². The van der Waals surface area contributed by atoms with E-state index in [4.69, 9.17) is 14.9 Å². The quantitative estimate of drug-likeness (QED) is 0.704. The summed E-state index contributed by atoms with van der Waals surface area (Å²) in [6, 6.07) is 6.72. The molecule has 1 rings (SSSR count). The van der Waals surface area contributed by atoms with E-state index in [1.54, 1.807) is 24.3 Å². The number of rotatable bonds is 7. The third-order valence-electron chi connectivity index (χ3n) is 2.08. The number of carbonyl (C=O) groups is 2. The van der Waals surface area contributed by atoms with Gasteiger partial charge in [-0.3, -0.25) is 9.59 Å². The summed E-state index contributed by atoms with van der Waals surface area (Å²) in [4.78, 5) is 20.7. The van der Waals surface area contributed by atoms with Crippen molar-refractivity contribution in [3.8, 4) is 5.75 Å². The zero-order chi connectivity index (χ0) is 12.7. The molecule has 0 radical (unpaired) electrons. The Morgan fingerprint density at radius 1 is 1.06 bits per heavy atom. The Kier molecular flexibility index (Phi) is 5.00. The van der Waals surface area contributed by atoms with Crippen LogP contribution in [0.2, 0.25) is 0 Å². The molecule has 0 aromatic heterocycles. The Labute approximate surface area is 98.6 Å². The van der Waals surface area contributed by atoms with Gasteiger partial charge in [-0.2, -0.15) is 0 Å². The van der Waals surface area contributed by atoms with Gasteiger partial charge in [0.25, 0.3) is 0 Å². The van der Waals surface area contributed by atoms with Crippen molar-refractivity contribution in [2.75, 3.05) is 6.61 Å². The fourth-order valence-corrected chi connectivity index (χ4v) is 1.29. The number of benzene rings is 1. The molecule has 0 heterocycles. The first-order chi connectivity index (χ1) is 8.08. The van der Waals surface area contributed by atoms with E-state index >= 15 is 0 Å². The van der Waals surface area contributed by atoms with Crippen LogP contribution in [0.15, 0.2) is 24.3 Å². The van der Waals surface area contributed by atoms with Crippen LogP contribution in [0, 0.1) is 0 Å². The van der Waals surface area contributed by atoms with Crippen LogP contribution in [0.25, 0.3) is 0 Å². The smallest absolute Gasteiger partial charge is 0.307 e. The van der Waals surface area contributed by atoms with Crippen LogP contribution in [-0.4, -0.2) is 28.8 Å². The number of hydrogen-bond donors (Lipinski definition) is 2. The molecule has 0 fully saturated rings. The summed E-state index contributed by atoms with van der Waals surface area (Å²) in [5, 5.41) is 17.0. The molecule has 0 aliphatic rings. The van der Waals surface area contributed by atoms with E-state index in [0.717, 1.165) is 0 Å². The molecular formula is C12H14O5. The van der Waals surface area contributed by atoms with Gasteiger partial charge in [0, 0.05) is 6.42 Å². The third-order valence-corrected chi connectivity index (χ3v) is 2.08. The second kappa shape index (κ2) is 6.52. The molecule has 5 nitrogen and oxygen atoms in total. The SMILES string of the molecule is O=C(O)CCCOc1ccc(CC(=O)O)cc1. The maximum Gasteiger partial charge on any atom is 0.307 e. The van der Waals surface area contributed by atoms with Gasteiger partial charge < -0.3 is 14.9 Å². The van der Waals surface area contributed by atoms with E-state index in [-0.39, 0.29) is 12.8 Å². The van der Waals surface area contributed by atoms with Crippen LogP contribution in [0.3, 0.4) is 0 Å². The van der Waals surface area contributed by atoms with Crippen LogP contribution in [-0.2, 0) is 16.0 Å². The van der Waals surface area contributed by atoms with Gasteiger partial charge in [0.15, 0.2) is 0 Å². The van der Waals surface area contributed by atoms with Crippen molar-refractivity contribution in [2.24, 2.45) is 0 Å². The van der Waals surface area contributed by atoms with Gasteiger partial charge >= 0.3 is 11.9 Å². The van der Waals surface area contributed by atoms with Gasteiger partial charge in [-0.25, -0.2) is 0 Å². The van der Waals surface area contributed by atoms with E-state index in [2.05, 4.69) is 0 Å². The molecule has 0 amide bonds. The number of hydrogen-bond acceptors (Lipinski definition) is 3. The monoisotopic (exact) mass is 238 g/mol. The summed E-state index contributed by atoms with van der Waals surface area (Å²) in [5.74, 6) is -1.10. The van der Waals surface area contributed by atoms with Gasteiger partial charge in [-0.15, -0.1) is 0 Å². The summed E-state index contributed by atoms with van der Waals surface area (Å²) in [6.45, 7) is 0.338. The Balaban J connectivity index is 2.35. The standard InChI is InChI=1S/C12H14O5/c13-11(14)2-1-7-17-10-5-3-9(4-6-10)8-12(15)16/h3-6H,1-2,7-8H2,(H,13,14)(H,15,16). The topological polar surface area (TPSA) is 83.8 Å². The van der Waals surface area contributed by atoms with Crippen molar-refractivity contribution in [2.45, 2.75) is 19.3 Å². The van der Waals surface area contributed by atoms with E-state index < -0.39 is 11.9 Å². The molecular weight excluding hydrogens is 224 g/mol. The molecule has 0 saturated heterocycles. The fraction of sp³-hybridized carbons (Fsp3) is 0.333. The molecule has 17 heavy (non-hydrogen) atoms. The summed E-state index contributed by atoms with van der Waals surface area (Å²) >= 11 is 0. The minimum Gasteiger partial charge on any atom is -0.494 e. The first kappa shape index (κ1) is 13.0. The Morgan fingerprint density at radius 2 is 1.71 bits per heavy atom. The van der Waals surface area contributed by atoms with Crippen molar-refractivity contribution in [3.63, 3.8) is 0 Å². The van der Waals surface area contributed by atoms with Gasteiger partial charge in [-0.05, 0) is 24.1 Å². The van der Waals surface area contributed by atoms with Gasteiger partial charge in [0.2, 0.25) is 0 Å². The first-order valence-electron chi connectivity index (χ1n) is 5.23. The zero-order valence-electron chi connectivity index (χ0n) is 9.26. The maximum absolute atomic E-state index is 10.4. The molecule has 0 saturated carbocycles. The fourth-order valence-electron chi connectivity index (χ4n) is 1.29. The lowest BCUT2D eigenvalue weighted by atomic mass is 10.1. The Morgan fingerprint density at radius 3 is 2.24 bits per heavy atom. The summed E-state index contributed by atoms with van der Waals surface area (Å²) < 4.78 is 5.31. The largest absolute Gasteiger partial charge is 0.494 e. The first-order valence-corrected chi connectivity index (χ1v) is 5.23. The predicted octanol–water partition coefficient (Wildman–Crippen LogP) is 1.56. The van der Waals surface area contributed by atoms with Gasteiger partial charge in [0.1, 0.15) is 5.75 Å². The molecule has 0 spiro atoms. The third kappa shape index (κ3) is 5.55. The second-order valence-electron chi connectivity index (χ2n) is 3.56. The zero-order valence-corrected chi connectivity index (χ0v) is 9.26. The molecule has 0 aliphatic carbocycles. The lowest BCUT2D eigenvalue weighted by Crippen LogP contribution is -2.02. The van der Waals surface area contributed by atoms with Crippen molar-refractivity contribution in [1.82, 2.24) is 0 Å². The number of carboxylic acids is 2. The number of ether oxygens (including phenoxy) is 1. The summed E-state index contributed by atoms with van der Waals surface area (Å²) in [5.41, 5.74) is 0.704. The van der Waals surface area contributed by atoms with Crippen LogP contribution in [0.4, 0.5) is 0 Å². The molecule has 2 N–H and O–H groups in total. The molecule has 0 unspecified atom stereocenters. The lowest BCUT2D eigenvalue weighted by molar-refractivity contribution is -0.137. The Hall–Kier alpha value is -2.04. The minimum atomic E-state index is -0.875. The summed E-state index contributed by atoms with van der Waals surface area (Å²) in [6.07, 6.45) is 0.516. The lowest BCUT2D eigenvalue weighted by Gasteiger charge is -2.05. The maximum atomic E-state index is 10.4. The highest BCUT2D eigenvalue weighted by atomic mass is 16.5. The average molecular weight is 238 g/mol. The highest BCUT2D eigenvalue weighted by molar-refractivity contribution is 5.70.